The van der Waals surface area contributed by atoms with Gasteiger partial charge in [0, 0.05) is 34.9 Å². The van der Waals surface area contributed by atoms with E-state index in [2.05, 4.69) is 22.8 Å². The molecule has 0 aliphatic carbocycles. The molecule has 8 heteroatoms. The number of aliphatic hydroxyl groups is 1. The van der Waals surface area contributed by atoms with Crippen LogP contribution in [0.2, 0.25) is 0 Å². The summed E-state index contributed by atoms with van der Waals surface area (Å²) in [5.74, 6) is 2.24. The number of amides is 2. The third-order valence-corrected chi connectivity index (χ3v) is 8.73. The van der Waals surface area contributed by atoms with Crippen molar-refractivity contribution >= 4 is 23.5 Å². The van der Waals surface area contributed by atoms with Gasteiger partial charge in [-0.1, -0.05) is 84.9 Å². The second-order valence-electron chi connectivity index (χ2n) is 11.0. The molecule has 0 bridgehead atoms. The van der Waals surface area contributed by atoms with Gasteiger partial charge >= 0.3 is 6.03 Å². The first kappa shape index (κ1) is 31.4. The molecule has 1 fully saturated rings. The van der Waals surface area contributed by atoms with Gasteiger partial charge in [0.25, 0.3) is 0 Å². The first-order chi connectivity index (χ1) is 22.6. The Kier molecular flexibility index (Phi) is 10.6. The van der Waals surface area contributed by atoms with Gasteiger partial charge in [0.05, 0.1) is 18.8 Å². The second kappa shape index (κ2) is 15.6. The third kappa shape index (κ3) is 8.77. The number of aliphatic hydroxyl groups excluding tert-OH is 1. The minimum atomic E-state index is -0.531. The largest absolute Gasteiger partial charge is 0.457 e. The van der Waals surface area contributed by atoms with Crippen molar-refractivity contribution in [3.63, 3.8) is 0 Å². The molecule has 234 valence electrons. The van der Waals surface area contributed by atoms with Gasteiger partial charge in [-0.3, -0.25) is 0 Å². The average molecular weight is 633 g/mol. The maximum Gasteiger partial charge on any atom is 0.319 e. The number of carbonyl (C=O) groups excluding carboxylic acids is 1. The smallest absolute Gasteiger partial charge is 0.319 e. The van der Waals surface area contributed by atoms with Crippen molar-refractivity contribution < 1.29 is 24.1 Å². The Morgan fingerprint density at radius 3 is 2.07 bits per heavy atom. The van der Waals surface area contributed by atoms with Gasteiger partial charge in [-0.2, -0.15) is 0 Å². The van der Waals surface area contributed by atoms with E-state index < -0.39 is 6.29 Å². The number of anilines is 1. The van der Waals surface area contributed by atoms with Gasteiger partial charge in [-0.25, -0.2) is 4.79 Å². The van der Waals surface area contributed by atoms with Crippen molar-refractivity contribution in [2.75, 3.05) is 11.1 Å². The molecule has 3 N–H and O–H groups in total. The van der Waals surface area contributed by atoms with Crippen LogP contribution >= 0.6 is 11.8 Å². The molecule has 1 heterocycles. The summed E-state index contributed by atoms with van der Waals surface area (Å²) in [6.45, 7) is 0.373. The van der Waals surface area contributed by atoms with Crippen LogP contribution in [0.5, 0.6) is 11.5 Å². The lowest BCUT2D eigenvalue weighted by Crippen LogP contribution is -2.31. The SMILES string of the molecule is O=C(NCc1ccc([C@H]2O[C@@H](CSc3ccccc3)C[C@@H](c3ccc(CO)cc3)O2)cc1)Nc1ccc(Oc2ccccc2)cc1. The molecule has 1 saturated heterocycles. The molecule has 0 saturated carbocycles. The van der Waals surface area contributed by atoms with E-state index >= 15 is 0 Å². The third-order valence-electron chi connectivity index (χ3n) is 7.59. The molecule has 46 heavy (non-hydrogen) atoms. The number of carbonyl (C=O) groups is 1. The molecule has 3 atom stereocenters. The summed E-state index contributed by atoms with van der Waals surface area (Å²) in [5.41, 5.74) is 4.46. The van der Waals surface area contributed by atoms with E-state index in [4.69, 9.17) is 14.2 Å². The van der Waals surface area contributed by atoms with Crippen LogP contribution in [0.15, 0.2) is 138 Å². The molecular weight excluding hydrogens is 596 g/mol. The number of para-hydroxylation sites is 1. The van der Waals surface area contributed by atoms with Crippen LogP contribution in [0.4, 0.5) is 10.5 Å². The van der Waals surface area contributed by atoms with E-state index in [0.717, 1.165) is 40.2 Å². The lowest BCUT2D eigenvalue weighted by atomic mass is 10.0. The van der Waals surface area contributed by atoms with E-state index in [9.17, 15) is 9.90 Å². The van der Waals surface area contributed by atoms with E-state index in [-0.39, 0.29) is 24.8 Å². The zero-order chi connectivity index (χ0) is 31.6. The summed E-state index contributed by atoms with van der Waals surface area (Å²) in [6, 6.07) is 42.7. The highest BCUT2D eigenvalue weighted by molar-refractivity contribution is 7.99. The summed E-state index contributed by atoms with van der Waals surface area (Å²) < 4.78 is 18.8. The maximum atomic E-state index is 12.6. The number of benzene rings is 5. The van der Waals surface area contributed by atoms with Crippen molar-refractivity contribution in [2.24, 2.45) is 0 Å². The molecule has 1 aliphatic rings. The Bertz CT molecular complexity index is 1670. The second-order valence-corrected chi connectivity index (χ2v) is 12.1. The molecule has 1 aliphatic heterocycles. The molecule has 5 aromatic rings. The van der Waals surface area contributed by atoms with Gasteiger partial charge in [0.1, 0.15) is 11.5 Å². The van der Waals surface area contributed by atoms with Crippen LogP contribution in [0.25, 0.3) is 0 Å². The van der Waals surface area contributed by atoms with E-state index in [0.29, 0.717) is 18.0 Å². The Hall–Kier alpha value is -4.60. The van der Waals surface area contributed by atoms with Gasteiger partial charge in [-0.05, 0) is 65.2 Å². The van der Waals surface area contributed by atoms with Gasteiger partial charge < -0.3 is 30.0 Å². The molecule has 2 amide bonds. The van der Waals surface area contributed by atoms with Gasteiger partial charge in [0.15, 0.2) is 6.29 Å². The number of ether oxygens (including phenoxy) is 3. The molecule has 0 unspecified atom stereocenters. The zero-order valence-electron chi connectivity index (χ0n) is 25.3. The van der Waals surface area contributed by atoms with Gasteiger partial charge in [-0.15, -0.1) is 11.8 Å². The summed E-state index contributed by atoms with van der Waals surface area (Å²) >= 11 is 1.77. The quantitative estimate of drug-likeness (QED) is 0.126. The van der Waals surface area contributed by atoms with Crippen LogP contribution in [-0.4, -0.2) is 23.0 Å². The van der Waals surface area contributed by atoms with Crippen molar-refractivity contribution in [3.8, 4) is 11.5 Å². The monoisotopic (exact) mass is 632 g/mol. The number of thioether (sulfide) groups is 1. The summed E-state index contributed by atoms with van der Waals surface area (Å²) in [7, 11) is 0. The molecule has 6 rings (SSSR count). The molecular formula is C38H36N2O5S. The molecule has 0 spiro atoms. The number of urea groups is 1. The Labute approximate surface area is 273 Å². The minimum absolute atomic E-state index is 0.00839. The van der Waals surface area contributed by atoms with E-state index in [1.165, 1.54) is 4.90 Å². The van der Waals surface area contributed by atoms with Crippen LogP contribution < -0.4 is 15.4 Å². The molecule has 0 radical (unpaired) electrons. The molecule has 0 aromatic heterocycles. The van der Waals surface area contributed by atoms with Gasteiger partial charge in [0.2, 0.25) is 0 Å². The Balaban J connectivity index is 1.04. The topological polar surface area (TPSA) is 89.1 Å². The lowest BCUT2D eigenvalue weighted by Gasteiger charge is -2.36. The summed E-state index contributed by atoms with van der Waals surface area (Å²) in [6.07, 6.45) is 0.0402. The molecule has 7 nitrogen and oxygen atoms in total. The lowest BCUT2D eigenvalue weighted by molar-refractivity contribution is -0.245. The highest BCUT2D eigenvalue weighted by Crippen LogP contribution is 2.39. The average Bonchev–Trinajstić information content (AvgIpc) is 3.12. The number of nitrogens with one attached hydrogen (secondary N) is 2. The fourth-order valence-corrected chi connectivity index (χ4v) is 6.05. The number of hydrogen-bond acceptors (Lipinski definition) is 6. The van der Waals surface area contributed by atoms with E-state index in [1.807, 2.05) is 109 Å². The summed E-state index contributed by atoms with van der Waals surface area (Å²) in [4.78, 5) is 13.8. The predicted molar refractivity (Wildman–Crippen MR) is 181 cm³/mol. The summed E-state index contributed by atoms with van der Waals surface area (Å²) in [5, 5.41) is 15.2. The highest BCUT2D eigenvalue weighted by Gasteiger charge is 2.32. The van der Waals surface area contributed by atoms with Crippen molar-refractivity contribution in [3.05, 3.63) is 156 Å². The van der Waals surface area contributed by atoms with Crippen LogP contribution in [0.1, 0.15) is 41.1 Å². The van der Waals surface area contributed by atoms with Crippen LogP contribution in [0, 0.1) is 0 Å². The zero-order valence-corrected chi connectivity index (χ0v) is 26.1. The van der Waals surface area contributed by atoms with Crippen molar-refractivity contribution in [1.82, 2.24) is 5.32 Å². The predicted octanol–water partition coefficient (Wildman–Crippen LogP) is 8.63. The van der Waals surface area contributed by atoms with Crippen LogP contribution in [0.3, 0.4) is 0 Å². The maximum absolute atomic E-state index is 12.6. The van der Waals surface area contributed by atoms with Crippen molar-refractivity contribution in [1.29, 1.82) is 0 Å². The number of rotatable bonds is 11. The fourth-order valence-electron chi connectivity index (χ4n) is 5.11. The first-order valence-electron chi connectivity index (χ1n) is 15.3. The highest BCUT2D eigenvalue weighted by atomic mass is 32.2. The van der Waals surface area contributed by atoms with Crippen molar-refractivity contribution in [2.45, 2.75) is 43.0 Å². The Morgan fingerprint density at radius 2 is 1.37 bits per heavy atom. The number of hydrogen-bond donors (Lipinski definition) is 3. The van der Waals surface area contributed by atoms with Crippen LogP contribution in [-0.2, 0) is 22.6 Å². The fraction of sp³-hybridized carbons (Fsp3) is 0.184. The first-order valence-corrected chi connectivity index (χ1v) is 16.2. The van der Waals surface area contributed by atoms with E-state index in [1.54, 1.807) is 23.9 Å². The molecule has 5 aromatic carbocycles. The normalized spacial score (nSPS) is 17.6. The Morgan fingerprint density at radius 1 is 0.739 bits per heavy atom. The standard InChI is InChI=1S/C38H36N2O5S/c41-25-28-13-15-29(16-14-28)36-23-34(26-46-35-9-5-2-6-10-35)44-37(45-36)30-17-11-27(12-18-30)24-39-38(42)40-31-19-21-33(22-20-31)43-32-7-3-1-4-8-32/h1-22,34,36-37,41H,23-26H2,(H2,39,40,42)/t34-,36+,37+/m1/s1. The minimum Gasteiger partial charge on any atom is -0.457 e.